The number of carbonyl (C=O) groups is 2. The summed E-state index contributed by atoms with van der Waals surface area (Å²) in [5.74, 6) is -1.51. The minimum atomic E-state index is -3.93. The smallest absolute Gasteiger partial charge is 0.245 e. The van der Waals surface area contributed by atoms with Crippen LogP contribution >= 0.6 is 0 Å². The molecule has 0 spiro atoms. The molecule has 0 radical (unpaired) electrons. The van der Waals surface area contributed by atoms with Crippen LogP contribution in [0.15, 0.2) is 53.7 Å². The Hall–Kier alpha value is -2.85. The highest BCUT2D eigenvalue weighted by molar-refractivity contribution is 7.89. The number of nitrogens with one attached hydrogen (secondary N) is 2. The predicted molar refractivity (Wildman–Crippen MR) is 112 cm³/mol. The minimum absolute atomic E-state index is 0.140. The number of carbonyl (C=O) groups excluding carboxylic acids is 2. The van der Waals surface area contributed by atoms with Gasteiger partial charge in [-0.2, -0.15) is 4.31 Å². The predicted octanol–water partition coefficient (Wildman–Crippen LogP) is 1.44. The SMILES string of the molecule is O=C(CCNC(=O)C1CCN(S(=O)(=O)c2ccccc2F)CC1)NCc1ccncc1. The van der Waals surface area contributed by atoms with Crippen molar-refractivity contribution in [3.63, 3.8) is 0 Å². The molecule has 2 heterocycles. The second-order valence-electron chi connectivity index (χ2n) is 7.28. The Morgan fingerprint density at radius 1 is 1.06 bits per heavy atom. The molecule has 1 fully saturated rings. The zero-order chi connectivity index (χ0) is 22.3. The molecule has 2 N–H and O–H groups in total. The molecular weight excluding hydrogens is 423 g/mol. The Labute approximate surface area is 180 Å². The van der Waals surface area contributed by atoms with Crippen LogP contribution in [0.1, 0.15) is 24.8 Å². The largest absolute Gasteiger partial charge is 0.355 e. The van der Waals surface area contributed by atoms with Gasteiger partial charge in [0.15, 0.2) is 0 Å². The number of amides is 2. The Morgan fingerprint density at radius 3 is 2.42 bits per heavy atom. The van der Waals surface area contributed by atoms with Gasteiger partial charge in [-0.05, 0) is 42.7 Å². The molecule has 1 aliphatic heterocycles. The van der Waals surface area contributed by atoms with E-state index in [0.29, 0.717) is 19.4 Å². The molecule has 10 heteroatoms. The van der Waals surface area contributed by atoms with E-state index in [-0.39, 0.29) is 48.7 Å². The van der Waals surface area contributed by atoms with E-state index in [4.69, 9.17) is 0 Å². The number of pyridine rings is 1. The number of sulfonamides is 1. The summed E-state index contributed by atoms with van der Waals surface area (Å²) in [5.41, 5.74) is 0.935. The fraction of sp³-hybridized carbons (Fsp3) is 0.381. The van der Waals surface area contributed by atoms with E-state index in [0.717, 1.165) is 11.6 Å². The lowest BCUT2D eigenvalue weighted by Gasteiger charge is -2.30. The molecule has 0 unspecified atom stereocenters. The van der Waals surface area contributed by atoms with E-state index >= 15 is 0 Å². The van der Waals surface area contributed by atoms with Crippen molar-refractivity contribution in [1.82, 2.24) is 19.9 Å². The molecule has 1 aliphatic rings. The van der Waals surface area contributed by atoms with Gasteiger partial charge in [-0.25, -0.2) is 12.8 Å². The van der Waals surface area contributed by atoms with Crippen LogP contribution in [0.25, 0.3) is 0 Å². The Balaban J connectivity index is 1.40. The highest BCUT2D eigenvalue weighted by Gasteiger charge is 2.33. The van der Waals surface area contributed by atoms with Crippen molar-refractivity contribution in [2.45, 2.75) is 30.7 Å². The highest BCUT2D eigenvalue weighted by Crippen LogP contribution is 2.25. The van der Waals surface area contributed by atoms with Crippen molar-refractivity contribution in [3.8, 4) is 0 Å². The molecular formula is C21H25FN4O4S. The van der Waals surface area contributed by atoms with Gasteiger partial charge in [0.05, 0.1) is 0 Å². The molecule has 8 nitrogen and oxygen atoms in total. The molecule has 0 atom stereocenters. The molecule has 0 saturated carbocycles. The second kappa shape index (κ2) is 10.5. The lowest BCUT2D eigenvalue weighted by molar-refractivity contribution is -0.126. The molecule has 31 heavy (non-hydrogen) atoms. The summed E-state index contributed by atoms with van der Waals surface area (Å²) in [7, 11) is -3.93. The van der Waals surface area contributed by atoms with Crippen molar-refractivity contribution in [3.05, 3.63) is 60.2 Å². The van der Waals surface area contributed by atoms with Gasteiger partial charge in [0.25, 0.3) is 0 Å². The lowest BCUT2D eigenvalue weighted by atomic mass is 9.97. The number of hydrogen-bond acceptors (Lipinski definition) is 5. The summed E-state index contributed by atoms with van der Waals surface area (Å²) in [6.07, 6.45) is 4.13. The summed E-state index contributed by atoms with van der Waals surface area (Å²) < 4.78 is 40.4. The first-order chi connectivity index (χ1) is 14.9. The van der Waals surface area contributed by atoms with Crippen LogP contribution in [0.2, 0.25) is 0 Å². The maximum absolute atomic E-state index is 13.9. The summed E-state index contributed by atoms with van der Waals surface area (Å²) in [4.78, 5) is 27.8. The van der Waals surface area contributed by atoms with E-state index in [1.807, 2.05) is 0 Å². The molecule has 0 bridgehead atoms. The fourth-order valence-corrected chi connectivity index (χ4v) is 4.92. The zero-order valence-electron chi connectivity index (χ0n) is 17.0. The van der Waals surface area contributed by atoms with E-state index in [1.165, 1.54) is 22.5 Å². The normalized spacial score (nSPS) is 15.4. The second-order valence-corrected chi connectivity index (χ2v) is 9.19. The fourth-order valence-electron chi connectivity index (χ4n) is 3.38. The summed E-state index contributed by atoms with van der Waals surface area (Å²) in [6.45, 7) is 0.876. The van der Waals surface area contributed by atoms with E-state index < -0.39 is 15.8 Å². The third-order valence-corrected chi connectivity index (χ3v) is 7.10. The minimum Gasteiger partial charge on any atom is -0.355 e. The highest BCUT2D eigenvalue weighted by atomic mass is 32.2. The average Bonchev–Trinajstić information content (AvgIpc) is 2.78. The molecule has 2 aromatic rings. The number of halogens is 1. The molecule has 2 amide bonds. The number of piperidine rings is 1. The maximum atomic E-state index is 13.9. The van der Waals surface area contributed by atoms with Crippen LogP contribution in [0, 0.1) is 11.7 Å². The van der Waals surface area contributed by atoms with Crippen LogP contribution in [0.4, 0.5) is 4.39 Å². The van der Waals surface area contributed by atoms with E-state index in [1.54, 1.807) is 24.5 Å². The van der Waals surface area contributed by atoms with E-state index in [2.05, 4.69) is 15.6 Å². The first-order valence-corrected chi connectivity index (χ1v) is 11.5. The van der Waals surface area contributed by atoms with E-state index in [9.17, 15) is 22.4 Å². The van der Waals surface area contributed by atoms with Crippen LogP contribution in [-0.2, 0) is 26.2 Å². The van der Waals surface area contributed by atoms with Gasteiger partial charge in [0.2, 0.25) is 21.8 Å². The van der Waals surface area contributed by atoms with Gasteiger partial charge in [0.1, 0.15) is 10.7 Å². The van der Waals surface area contributed by atoms with Crippen molar-refractivity contribution in [2.24, 2.45) is 5.92 Å². The third kappa shape index (κ3) is 6.08. The summed E-state index contributed by atoms with van der Waals surface area (Å²) in [5, 5.41) is 5.51. The van der Waals surface area contributed by atoms with Gasteiger partial charge in [0, 0.05) is 50.9 Å². The maximum Gasteiger partial charge on any atom is 0.245 e. The Morgan fingerprint density at radius 2 is 1.74 bits per heavy atom. The van der Waals surface area contributed by atoms with Crippen molar-refractivity contribution >= 4 is 21.8 Å². The first kappa shape index (κ1) is 22.8. The third-order valence-electron chi connectivity index (χ3n) is 5.17. The van der Waals surface area contributed by atoms with Crippen LogP contribution in [0.5, 0.6) is 0 Å². The number of rotatable bonds is 8. The molecule has 1 aromatic carbocycles. The number of benzene rings is 1. The zero-order valence-corrected chi connectivity index (χ0v) is 17.8. The molecule has 0 aliphatic carbocycles. The molecule has 1 saturated heterocycles. The average molecular weight is 449 g/mol. The number of nitrogens with zero attached hydrogens (tertiary/aromatic N) is 2. The monoisotopic (exact) mass is 448 g/mol. The Bertz CT molecular complexity index is 1010. The molecule has 166 valence electrons. The molecule has 1 aromatic heterocycles. The van der Waals surface area contributed by atoms with Crippen molar-refractivity contribution < 1.29 is 22.4 Å². The first-order valence-electron chi connectivity index (χ1n) is 10.1. The van der Waals surface area contributed by atoms with Gasteiger partial charge in [-0.1, -0.05) is 12.1 Å². The number of aromatic nitrogens is 1. The topological polar surface area (TPSA) is 108 Å². The van der Waals surface area contributed by atoms with Crippen molar-refractivity contribution in [1.29, 1.82) is 0 Å². The molecule has 3 rings (SSSR count). The quantitative estimate of drug-likeness (QED) is 0.635. The van der Waals surface area contributed by atoms with Gasteiger partial charge >= 0.3 is 0 Å². The van der Waals surface area contributed by atoms with Gasteiger partial charge < -0.3 is 10.6 Å². The van der Waals surface area contributed by atoms with Gasteiger partial charge in [-0.15, -0.1) is 0 Å². The summed E-state index contributed by atoms with van der Waals surface area (Å²) >= 11 is 0. The van der Waals surface area contributed by atoms with Crippen LogP contribution < -0.4 is 10.6 Å². The van der Waals surface area contributed by atoms with Crippen LogP contribution in [-0.4, -0.2) is 49.2 Å². The Kier molecular flexibility index (Phi) is 7.69. The number of hydrogen-bond donors (Lipinski definition) is 2. The summed E-state index contributed by atoms with van der Waals surface area (Å²) in [6, 6.07) is 8.87. The van der Waals surface area contributed by atoms with Gasteiger partial charge in [-0.3, -0.25) is 14.6 Å². The van der Waals surface area contributed by atoms with Crippen molar-refractivity contribution in [2.75, 3.05) is 19.6 Å². The lowest BCUT2D eigenvalue weighted by Crippen LogP contribution is -2.43. The van der Waals surface area contributed by atoms with Crippen LogP contribution in [0.3, 0.4) is 0 Å². The standard InChI is InChI=1S/C21H25FN4O4S/c22-18-3-1-2-4-19(18)31(29,30)26-13-8-17(9-14-26)21(28)24-12-7-20(27)25-15-16-5-10-23-11-6-16/h1-6,10-11,17H,7-9,12-15H2,(H,24,28)(H,25,27).